The molecule has 0 atom stereocenters. The van der Waals surface area contributed by atoms with Crippen molar-refractivity contribution in [2.45, 2.75) is 78.6 Å². The van der Waals surface area contributed by atoms with Crippen molar-refractivity contribution in [3.63, 3.8) is 0 Å². The molecule has 0 saturated carbocycles. The fourth-order valence-electron chi connectivity index (χ4n) is 2.74. The van der Waals surface area contributed by atoms with Crippen LogP contribution in [0.5, 0.6) is 0 Å². The van der Waals surface area contributed by atoms with Crippen LogP contribution in [0.15, 0.2) is 42.5 Å². The van der Waals surface area contributed by atoms with Crippen LogP contribution < -0.4 is 0 Å². The summed E-state index contributed by atoms with van der Waals surface area (Å²) in [6.07, 6.45) is 0. The molecule has 0 spiro atoms. The number of benzene rings is 2. The molecule has 2 N–H and O–H groups in total. The summed E-state index contributed by atoms with van der Waals surface area (Å²) in [6.45, 7) is 18.8. The zero-order valence-corrected chi connectivity index (χ0v) is 23.4. The Hall–Kier alpha value is -2.00. The quantitative estimate of drug-likeness (QED) is 0.474. The summed E-state index contributed by atoms with van der Waals surface area (Å²) >= 11 is 0. The van der Waals surface area contributed by atoms with Gasteiger partial charge in [0.15, 0.2) is 0 Å². The average molecular weight is 478 g/mol. The van der Waals surface area contributed by atoms with E-state index in [1.54, 1.807) is 30.3 Å². The molecule has 0 aliphatic rings. The molecule has 0 radical (unpaired) electrons. The molecule has 166 valence electrons. The molecule has 5 heteroatoms. The van der Waals surface area contributed by atoms with Crippen LogP contribution in [0, 0.1) is 0 Å². The number of carboxylic acid groups (broad SMARTS) is 2. The van der Waals surface area contributed by atoms with Gasteiger partial charge in [0.2, 0.25) is 0 Å². The van der Waals surface area contributed by atoms with Gasteiger partial charge in [0.05, 0.1) is 11.1 Å². The molecule has 0 saturated heterocycles. The topological polar surface area (TPSA) is 74.6 Å². The monoisotopic (exact) mass is 476 g/mol. The Morgan fingerprint density at radius 3 is 1.26 bits per heavy atom. The molecule has 2 aromatic carbocycles. The second-order valence-corrected chi connectivity index (χ2v) is 10.7. The van der Waals surface area contributed by atoms with Crippen molar-refractivity contribution in [3.8, 4) is 0 Å². The van der Waals surface area contributed by atoms with Crippen molar-refractivity contribution < 1.29 is 39.3 Å². The van der Waals surface area contributed by atoms with Crippen LogP contribution in [-0.4, -0.2) is 22.2 Å². The van der Waals surface area contributed by atoms with E-state index in [1.165, 1.54) is 0 Å². The van der Waals surface area contributed by atoms with Crippen molar-refractivity contribution in [1.29, 1.82) is 0 Å². The van der Waals surface area contributed by atoms with Gasteiger partial charge in [0.25, 0.3) is 0 Å². The molecule has 0 heterocycles. The van der Waals surface area contributed by atoms with Gasteiger partial charge in [-0.25, -0.2) is 9.59 Å². The predicted octanol–water partition coefficient (Wildman–Crippen LogP) is 6.66. The molecule has 0 unspecified atom stereocenters. The van der Waals surface area contributed by atoms with E-state index in [0.717, 1.165) is 16.7 Å². The fourth-order valence-corrected chi connectivity index (χ4v) is 2.74. The third-order valence-corrected chi connectivity index (χ3v) is 4.89. The molecule has 0 aliphatic heterocycles. The molecule has 0 fully saturated rings. The van der Waals surface area contributed by atoms with Crippen LogP contribution in [0.4, 0.5) is 0 Å². The molecular weight excluding hydrogens is 442 g/mol. The van der Waals surface area contributed by atoms with Crippen molar-refractivity contribution in [2.75, 3.05) is 0 Å². The van der Waals surface area contributed by atoms with E-state index in [4.69, 9.17) is 10.2 Å². The van der Waals surface area contributed by atoms with Crippen molar-refractivity contribution >= 4 is 11.9 Å². The summed E-state index contributed by atoms with van der Waals surface area (Å²) in [7, 11) is 0. The largest absolute Gasteiger partial charge is 0.478 e. The van der Waals surface area contributed by atoms with Crippen LogP contribution in [0.2, 0.25) is 0 Å². The Kier molecular flexibility index (Phi) is 9.87. The molecule has 0 aromatic heterocycles. The molecule has 0 bridgehead atoms. The van der Waals surface area contributed by atoms with E-state index in [1.807, 2.05) is 6.07 Å². The fraction of sp³-hybridized carbons (Fsp3) is 0.462. The zero-order valence-electron chi connectivity index (χ0n) is 20.5. The first-order valence-corrected chi connectivity index (χ1v) is 10.2. The van der Waals surface area contributed by atoms with Crippen molar-refractivity contribution in [1.82, 2.24) is 0 Å². The van der Waals surface area contributed by atoms with Gasteiger partial charge in [0.1, 0.15) is 0 Å². The van der Waals surface area contributed by atoms with Crippen molar-refractivity contribution in [2.24, 2.45) is 0 Å². The first-order valence-electron chi connectivity index (χ1n) is 10.2. The van der Waals surface area contributed by atoms with E-state index in [-0.39, 0.29) is 35.7 Å². The number of hydrogen-bond acceptors (Lipinski definition) is 2. The van der Waals surface area contributed by atoms with Crippen LogP contribution in [0.3, 0.4) is 0 Å². The first kappa shape index (κ1) is 29.0. The first-order chi connectivity index (χ1) is 13.4. The van der Waals surface area contributed by atoms with Gasteiger partial charge in [-0.1, -0.05) is 80.5 Å². The maximum Gasteiger partial charge on any atom is 0.335 e. The molecule has 0 aliphatic carbocycles. The predicted molar refractivity (Wildman–Crippen MR) is 123 cm³/mol. The van der Waals surface area contributed by atoms with E-state index in [2.05, 4.69) is 68.4 Å². The Bertz CT molecular complexity index is 878. The summed E-state index contributed by atoms with van der Waals surface area (Å²) in [5, 5.41) is 17.9. The van der Waals surface area contributed by atoms with E-state index in [9.17, 15) is 9.59 Å². The molecule has 31 heavy (non-hydrogen) atoms. The standard InChI is InChI=1S/C15H22O2.C11H14O2.Zn/c1-14(2,3)11-7-10(13(16)17)8-12(9-11)15(4,5)6;1-11(2,3)9-6-4-5-8(7-9)10(12)13;/h7-9H,1-6H3,(H,16,17);4-7H,1-3H3,(H,12,13);. The minimum absolute atomic E-state index is 0. The Morgan fingerprint density at radius 2 is 0.935 bits per heavy atom. The van der Waals surface area contributed by atoms with Gasteiger partial charge in [-0.05, 0) is 57.2 Å². The third kappa shape index (κ3) is 8.95. The van der Waals surface area contributed by atoms with Crippen LogP contribution in [0.1, 0.15) is 99.7 Å². The minimum atomic E-state index is -0.869. The van der Waals surface area contributed by atoms with Crippen LogP contribution in [-0.2, 0) is 35.7 Å². The Labute approximate surface area is 199 Å². The number of carbonyl (C=O) groups is 2. The van der Waals surface area contributed by atoms with Crippen LogP contribution in [0.25, 0.3) is 0 Å². The van der Waals surface area contributed by atoms with E-state index >= 15 is 0 Å². The summed E-state index contributed by atoms with van der Waals surface area (Å²) < 4.78 is 0. The minimum Gasteiger partial charge on any atom is -0.478 e. The maximum absolute atomic E-state index is 11.2. The SMILES string of the molecule is CC(C)(C)c1cc(C(=O)O)cc(C(C)(C)C)c1.CC(C)(C)c1cccc(C(=O)O)c1.[Zn]. The maximum atomic E-state index is 11.2. The number of hydrogen-bond donors (Lipinski definition) is 2. The third-order valence-electron chi connectivity index (χ3n) is 4.89. The van der Waals surface area contributed by atoms with Gasteiger partial charge in [-0.3, -0.25) is 0 Å². The van der Waals surface area contributed by atoms with Gasteiger partial charge < -0.3 is 10.2 Å². The average Bonchev–Trinajstić information content (AvgIpc) is 2.59. The van der Waals surface area contributed by atoms with Gasteiger partial charge >= 0.3 is 11.9 Å². The number of carboxylic acids is 2. The van der Waals surface area contributed by atoms with Gasteiger partial charge in [-0.15, -0.1) is 0 Å². The van der Waals surface area contributed by atoms with Gasteiger partial charge in [-0.2, -0.15) is 0 Å². The molecule has 2 aromatic rings. The smallest absolute Gasteiger partial charge is 0.335 e. The van der Waals surface area contributed by atoms with E-state index in [0.29, 0.717) is 11.1 Å². The normalized spacial score (nSPS) is 11.6. The summed E-state index contributed by atoms with van der Waals surface area (Å²) in [5.74, 6) is -1.73. The Morgan fingerprint density at radius 1 is 0.581 bits per heavy atom. The van der Waals surface area contributed by atoms with Crippen molar-refractivity contribution in [3.05, 3.63) is 70.3 Å². The molecular formula is C26H36O4Zn. The number of aromatic carboxylic acids is 2. The molecule has 0 amide bonds. The summed E-state index contributed by atoms with van der Waals surface area (Å²) in [6, 6.07) is 12.7. The summed E-state index contributed by atoms with van der Waals surface area (Å²) in [4.78, 5) is 21.8. The van der Waals surface area contributed by atoms with Crippen LogP contribution >= 0.6 is 0 Å². The molecule has 2 rings (SSSR count). The van der Waals surface area contributed by atoms with E-state index < -0.39 is 11.9 Å². The number of rotatable bonds is 2. The second kappa shape index (κ2) is 10.5. The molecule has 4 nitrogen and oxygen atoms in total. The second-order valence-electron chi connectivity index (χ2n) is 10.7. The van der Waals surface area contributed by atoms with Gasteiger partial charge in [0, 0.05) is 19.5 Å². The Balaban J connectivity index is 0.000000581. The zero-order chi connectivity index (χ0) is 23.5. The summed E-state index contributed by atoms with van der Waals surface area (Å²) in [5.41, 5.74) is 3.86.